The van der Waals surface area contributed by atoms with Crippen molar-refractivity contribution in [2.75, 3.05) is 11.1 Å². The van der Waals surface area contributed by atoms with E-state index < -0.39 is 0 Å². The number of nitrogens with one attached hydrogen (secondary N) is 1. The SMILES string of the molecule is Nc1cccc(Nc2cc(Br)ccc2F)n1. The number of hydrogen-bond acceptors (Lipinski definition) is 3. The van der Waals surface area contributed by atoms with Gasteiger partial charge in [0.05, 0.1) is 5.69 Å². The van der Waals surface area contributed by atoms with E-state index in [1.165, 1.54) is 6.07 Å². The van der Waals surface area contributed by atoms with Crippen molar-refractivity contribution < 1.29 is 4.39 Å². The van der Waals surface area contributed by atoms with Gasteiger partial charge in [0.25, 0.3) is 0 Å². The number of pyridine rings is 1. The van der Waals surface area contributed by atoms with Gasteiger partial charge in [0.2, 0.25) is 0 Å². The van der Waals surface area contributed by atoms with E-state index in [9.17, 15) is 4.39 Å². The van der Waals surface area contributed by atoms with Gasteiger partial charge in [-0.1, -0.05) is 22.0 Å². The van der Waals surface area contributed by atoms with Crippen LogP contribution in [0.3, 0.4) is 0 Å². The van der Waals surface area contributed by atoms with Crippen LogP contribution in [0.1, 0.15) is 0 Å². The Hall–Kier alpha value is -1.62. The molecule has 2 aromatic rings. The van der Waals surface area contributed by atoms with Gasteiger partial charge in [-0.15, -0.1) is 0 Å². The number of aromatic nitrogens is 1. The number of benzene rings is 1. The molecule has 0 aliphatic carbocycles. The van der Waals surface area contributed by atoms with Gasteiger partial charge >= 0.3 is 0 Å². The summed E-state index contributed by atoms with van der Waals surface area (Å²) in [6.07, 6.45) is 0. The fraction of sp³-hybridized carbons (Fsp3) is 0. The fourth-order valence-electron chi connectivity index (χ4n) is 1.25. The molecule has 0 fully saturated rings. The molecule has 2 rings (SSSR count). The highest BCUT2D eigenvalue weighted by Gasteiger charge is 2.03. The Morgan fingerprint density at radius 2 is 2.06 bits per heavy atom. The van der Waals surface area contributed by atoms with Crippen molar-refractivity contribution in [1.82, 2.24) is 4.98 Å². The van der Waals surface area contributed by atoms with E-state index >= 15 is 0 Å². The maximum atomic E-state index is 13.4. The second-order valence-electron chi connectivity index (χ2n) is 3.20. The second-order valence-corrected chi connectivity index (χ2v) is 4.11. The van der Waals surface area contributed by atoms with Gasteiger partial charge in [0.15, 0.2) is 0 Å². The number of rotatable bonds is 2. The van der Waals surface area contributed by atoms with Gasteiger partial charge in [0, 0.05) is 4.47 Å². The molecular weight excluding hydrogens is 273 g/mol. The zero-order chi connectivity index (χ0) is 11.5. The Labute approximate surface area is 101 Å². The molecular formula is C11H9BrFN3. The van der Waals surface area contributed by atoms with Crippen molar-refractivity contribution in [3.8, 4) is 0 Å². The van der Waals surface area contributed by atoms with Crippen LogP contribution in [0, 0.1) is 5.82 Å². The predicted molar refractivity (Wildman–Crippen MR) is 66.0 cm³/mol. The average Bonchev–Trinajstić information content (AvgIpc) is 2.24. The van der Waals surface area contributed by atoms with Crippen LogP contribution in [-0.4, -0.2) is 4.98 Å². The summed E-state index contributed by atoms with van der Waals surface area (Å²) >= 11 is 3.27. The number of nitrogens with two attached hydrogens (primary N) is 1. The van der Waals surface area contributed by atoms with E-state index in [1.54, 1.807) is 30.3 Å². The zero-order valence-electron chi connectivity index (χ0n) is 8.24. The largest absolute Gasteiger partial charge is 0.384 e. The van der Waals surface area contributed by atoms with Crippen molar-refractivity contribution in [2.45, 2.75) is 0 Å². The Bertz CT molecular complexity index is 516. The molecule has 0 radical (unpaired) electrons. The first-order valence-electron chi connectivity index (χ1n) is 4.60. The lowest BCUT2D eigenvalue weighted by atomic mass is 10.3. The predicted octanol–water partition coefficient (Wildman–Crippen LogP) is 3.31. The minimum atomic E-state index is -0.340. The van der Waals surface area contributed by atoms with Crippen LogP contribution in [-0.2, 0) is 0 Å². The molecule has 0 bridgehead atoms. The van der Waals surface area contributed by atoms with Crippen molar-refractivity contribution >= 4 is 33.3 Å². The topological polar surface area (TPSA) is 50.9 Å². The van der Waals surface area contributed by atoms with Crippen LogP contribution in [0.25, 0.3) is 0 Å². The van der Waals surface area contributed by atoms with Crippen LogP contribution in [0.2, 0.25) is 0 Å². The number of nitrogens with zero attached hydrogens (tertiary/aromatic N) is 1. The van der Waals surface area contributed by atoms with E-state index in [1.807, 2.05) is 0 Å². The molecule has 82 valence electrons. The molecule has 0 aliphatic rings. The smallest absolute Gasteiger partial charge is 0.146 e. The molecule has 1 aromatic carbocycles. The van der Waals surface area contributed by atoms with Crippen molar-refractivity contribution in [3.63, 3.8) is 0 Å². The van der Waals surface area contributed by atoms with E-state index in [0.29, 0.717) is 17.3 Å². The Morgan fingerprint density at radius 3 is 2.81 bits per heavy atom. The Kier molecular flexibility index (Phi) is 3.05. The van der Waals surface area contributed by atoms with Gasteiger partial charge in [-0.05, 0) is 30.3 Å². The molecule has 0 atom stereocenters. The van der Waals surface area contributed by atoms with Gasteiger partial charge < -0.3 is 11.1 Å². The van der Waals surface area contributed by atoms with Crippen LogP contribution in [0.4, 0.5) is 21.7 Å². The molecule has 1 heterocycles. The summed E-state index contributed by atoms with van der Waals surface area (Å²) in [4.78, 5) is 4.02. The van der Waals surface area contributed by atoms with E-state index in [-0.39, 0.29) is 5.82 Å². The summed E-state index contributed by atoms with van der Waals surface area (Å²) in [6, 6.07) is 9.78. The number of nitrogen functional groups attached to an aromatic ring is 1. The monoisotopic (exact) mass is 281 g/mol. The van der Waals surface area contributed by atoms with Gasteiger partial charge in [-0.25, -0.2) is 9.37 Å². The van der Waals surface area contributed by atoms with Crippen LogP contribution >= 0.6 is 15.9 Å². The fourth-order valence-corrected chi connectivity index (χ4v) is 1.61. The van der Waals surface area contributed by atoms with Gasteiger partial charge in [-0.2, -0.15) is 0 Å². The third-order valence-corrected chi connectivity index (χ3v) is 2.46. The van der Waals surface area contributed by atoms with Crippen molar-refractivity contribution in [2.24, 2.45) is 0 Å². The van der Waals surface area contributed by atoms with Crippen molar-refractivity contribution in [3.05, 3.63) is 46.7 Å². The first kappa shape index (κ1) is 10.9. The first-order valence-corrected chi connectivity index (χ1v) is 5.39. The highest BCUT2D eigenvalue weighted by molar-refractivity contribution is 9.10. The Balaban J connectivity index is 2.30. The van der Waals surface area contributed by atoms with E-state index in [2.05, 4.69) is 26.2 Å². The van der Waals surface area contributed by atoms with Crippen LogP contribution in [0.15, 0.2) is 40.9 Å². The minimum Gasteiger partial charge on any atom is -0.384 e. The lowest BCUT2D eigenvalue weighted by Gasteiger charge is -2.07. The number of halogens is 2. The van der Waals surface area contributed by atoms with Gasteiger partial charge in [-0.3, -0.25) is 0 Å². The maximum absolute atomic E-state index is 13.4. The molecule has 0 aliphatic heterocycles. The van der Waals surface area contributed by atoms with Gasteiger partial charge in [0.1, 0.15) is 17.5 Å². The third kappa shape index (κ3) is 2.49. The molecule has 0 saturated carbocycles. The van der Waals surface area contributed by atoms with Crippen molar-refractivity contribution in [1.29, 1.82) is 0 Å². The highest BCUT2D eigenvalue weighted by Crippen LogP contribution is 2.23. The molecule has 0 unspecified atom stereocenters. The summed E-state index contributed by atoms with van der Waals surface area (Å²) < 4.78 is 14.2. The first-order chi connectivity index (χ1) is 7.65. The second kappa shape index (κ2) is 4.49. The quantitative estimate of drug-likeness (QED) is 0.888. The minimum absolute atomic E-state index is 0.340. The van der Waals surface area contributed by atoms with Crippen LogP contribution < -0.4 is 11.1 Å². The third-order valence-electron chi connectivity index (χ3n) is 1.96. The highest BCUT2D eigenvalue weighted by atomic mass is 79.9. The van der Waals surface area contributed by atoms with E-state index in [4.69, 9.17) is 5.73 Å². The number of anilines is 3. The lowest BCUT2D eigenvalue weighted by molar-refractivity contribution is 0.631. The molecule has 0 saturated heterocycles. The summed E-state index contributed by atoms with van der Waals surface area (Å²) in [6.45, 7) is 0. The van der Waals surface area contributed by atoms with E-state index in [0.717, 1.165) is 4.47 Å². The summed E-state index contributed by atoms with van der Waals surface area (Å²) in [7, 11) is 0. The molecule has 1 aromatic heterocycles. The standard InChI is InChI=1S/C11H9BrFN3/c12-7-4-5-8(13)9(6-7)15-11-3-1-2-10(14)16-11/h1-6H,(H3,14,15,16). The average molecular weight is 282 g/mol. The normalized spacial score (nSPS) is 10.1. The molecule has 0 amide bonds. The molecule has 16 heavy (non-hydrogen) atoms. The molecule has 0 spiro atoms. The summed E-state index contributed by atoms with van der Waals surface area (Å²) in [5.41, 5.74) is 5.88. The zero-order valence-corrected chi connectivity index (χ0v) is 9.83. The lowest BCUT2D eigenvalue weighted by Crippen LogP contribution is -1.98. The molecule has 3 nitrogen and oxygen atoms in total. The summed E-state index contributed by atoms with van der Waals surface area (Å²) in [5.74, 6) is 0.560. The molecule has 3 N–H and O–H groups in total. The molecule has 5 heteroatoms. The maximum Gasteiger partial charge on any atom is 0.146 e. The Morgan fingerprint density at radius 1 is 1.25 bits per heavy atom. The van der Waals surface area contributed by atoms with Crippen LogP contribution in [0.5, 0.6) is 0 Å². The summed E-state index contributed by atoms with van der Waals surface area (Å²) in [5, 5.41) is 2.86. The number of hydrogen-bond donors (Lipinski definition) is 2.